The lowest BCUT2D eigenvalue weighted by Crippen LogP contribution is -2.50. The van der Waals surface area contributed by atoms with Crippen LogP contribution in [0.15, 0.2) is 60.7 Å². The van der Waals surface area contributed by atoms with Gasteiger partial charge in [0.05, 0.1) is 18.7 Å². The van der Waals surface area contributed by atoms with E-state index in [0.29, 0.717) is 25.9 Å². The highest BCUT2D eigenvalue weighted by Gasteiger charge is 2.50. The van der Waals surface area contributed by atoms with Crippen molar-refractivity contribution in [2.45, 2.75) is 84.6 Å². The quantitative estimate of drug-likeness (QED) is 0.276. The molecule has 2 N–H and O–H groups in total. The van der Waals surface area contributed by atoms with Crippen molar-refractivity contribution in [1.82, 2.24) is 10.6 Å². The average molecular weight is 565 g/mol. The van der Waals surface area contributed by atoms with Gasteiger partial charge in [-0.3, -0.25) is 14.4 Å². The van der Waals surface area contributed by atoms with E-state index in [1.54, 1.807) is 6.92 Å². The van der Waals surface area contributed by atoms with Crippen LogP contribution in [0.4, 0.5) is 4.79 Å². The highest BCUT2D eigenvalue weighted by molar-refractivity contribution is 5.98. The van der Waals surface area contributed by atoms with Crippen LogP contribution in [-0.4, -0.2) is 47.9 Å². The van der Waals surface area contributed by atoms with Crippen molar-refractivity contribution in [2.75, 3.05) is 6.61 Å². The molecule has 0 radical (unpaired) electrons. The third-order valence-corrected chi connectivity index (χ3v) is 7.18. The van der Waals surface area contributed by atoms with Gasteiger partial charge < -0.3 is 20.1 Å². The monoisotopic (exact) mass is 564 g/mol. The number of epoxide rings is 1. The Labute approximate surface area is 243 Å². The minimum atomic E-state index is -0.871. The lowest BCUT2D eigenvalue weighted by molar-refractivity contribution is -0.134. The molecule has 1 fully saturated rings. The van der Waals surface area contributed by atoms with Crippen LogP contribution in [0.5, 0.6) is 0 Å². The first-order valence-corrected chi connectivity index (χ1v) is 14.5. The summed E-state index contributed by atoms with van der Waals surface area (Å²) in [6, 6.07) is 17.3. The summed E-state index contributed by atoms with van der Waals surface area (Å²) >= 11 is 0. The first kappa shape index (κ1) is 32.0. The van der Waals surface area contributed by atoms with Crippen LogP contribution in [0.3, 0.4) is 0 Å². The molecular weight excluding hydrogens is 520 g/mol. The van der Waals surface area contributed by atoms with Gasteiger partial charge in [0, 0.05) is 12.3 Å². The van der Waals surface area contributed by atoms with E-state index >= 15 is 0 Å². The first-order valence-electron chi connectivity index (χ1n) is 14.5. The number of carbonyl (C=O) groups is 4. The fourth-order valence-corrected chi connectivity index (χ4v) is 4.80. The number of amides is 2. The van der Waals surface area contributed by atoms with Crippen LogP contribution in [0.2, 0.25) is 0 Å². The normalized spacial score (nSPS) is 18.3. The standard InChI is InChI=1S/C33H44N2O6/c1-22(2)16-27(35-32(39)40-20-25-14-10-7-11-15-25)29(36)19-26(18-24-12-8-6-9-13-24)31(38)34-28(17-23(3)4)30(37)33(5)21-41-33/h6-15,22-23,26-28H,16-21H2,1-5H3,(H,34,38)(H,35,39)/t26-,27+,28+,33?/m1/s1. The smallest absolute Gasteiger partial charge is 0.408 e. The Bertz CT molecular complexity index is 1160. The van der Waals surface area contributed by atoms with Gasteiger partial charge in [0.2, 0.25) is 5.91 Å². The molecule has 0 spiro atoms. The molecule has 2 aromatic rings. The van der Waals surface area contributed by atoms with Crippen LogP contribution >= 0.6 is 0 Å². The number of benzene rings is 2. The minimum absolute atomic E-state index is 0.0855. The summed E-state index contributed by atoms with van der Waals surface area (Å²) in [5, 5.41) is 5.67. The maximum Gasteiger partial charge on any atom is 0.408 e. The van der Waals surface area contributed by atoms with Gasteiger partial charge in [0.25, 0.3) is 0 Å². The van der Waals surface area contributed by atoms with Crippen molar-refractivity contribution in [1.29, 1.82) is 0 Å². The molecule has 0 aliphatic carbocycles. The van der Waals surface area contributed by atoms with Gasteiger partial charge in [-0.05, 0) is 49.1 Å². The molecule has 3 rings (SSSR count). The minimum Gasteiger partial charge on any atom is -0.445 e. The molecule has 0 saturated carbocycles. The van der Waals surface area contributed by atoms with Gasteiger partial charge in [0.1, 0.15) is 12.2 Å². The molecule has 8 heteroatoms. The molecule has 1 unspecified atom stereocenters. The van der Waals surface area contributed by atoms with Gasteiger partial charge in [-0.15, -0.1) is 0 Å². The Morgan fingerprint density at radius 2 is 1.37 bits per heavy atom. The van der Waals surface area contributed by atoms with Gasteiger partial charge in [-0.2, -0.15) is 0 Å². The van der Waals surface area contributed by atoms with Crippen LogP contribution in [0, 0.1) is 17.8 Å². The molecule has 2 aromatic carbocycles. The van der Waals surface area contributed by atoms with E-state index in [2.05, 4.69) is 10.6 Å². The predicted octanol–water partition coefficient (Wildman–Crippen LogP) is 5.03. The third-order valence-electron chi connectivity index (χ3n) is 7.18. The van der Waals surface area contributed by atoms with Crippen molar-refractivity contribution in [3.63, 3.8) is 0 Å². The highest BCUT2D eigenvalue weighted by atomic mass is 16.6. The largest absolute Gasteiger partial charge is 0.445 e. The van der Waals surface area contributed by atoms with Crippen molar-refractivity contribution < 1.29 is 28.7 Å². The van der Waals surface area contributed by atoms with Gasteiger partial charge in [-0.25, -0.2) is 4.79 Å². The van der Waals surface area contributed by atoms with Crippen LogP contribution in [0.25, 0.3) is 0 Å². The molecule has 222 valence electrons. The molecule has 8 nitrogen and oxygen atoms in total. The van der Waals surface area contributed by atoms with Crippen LogP contribution in [-0.2, 0) is 36.9 Å². The van der Waals surface area contributed by atoms with Gasteiger partial charge in [0.15, 0.2) is 11.6 Å². The number of nitrogens with one attached hydrogen (secondary N) is 2. The number of ether oxygens (including phenoxy) is 2. The second-order valence-corrected chi connectivity index (χ2v) is 12.0. The zero-order valence-electron chi connectivity index (χ0n) is 24.9. The van der Waals surface area contributed by atoms with Crippen LogP contribution < -0.4 is 10.6 Å². The van der Waals surface area contributed by atoms with Crippen molar-refractivity contribution in [3.05, 3.63) is 71.8 Å². The molecule has 1 aliphatic heterocycles. The maximum absolute atomic E-state index is 13.7. The number of alkyl carbamates (subject to hydrolysis) is 1. The number of rotatable bonds is 16. The summed E-state index contributed by atoms with van der Waals surface area (Å²) in [5.74, 6) is -1.20. The molecule has 2 amide bonds. The topological polar surface area (TPSA) is 114 Å². The van der Waals surface area contributed by atoms with E-state index in [9.17, 15) is 19.2 Å². The Morgan fingerprint density at radius 1 is 0.829 bits per heavy atom. The summed E-state index contributed by atoms with van der Waals surface area (Å²) in [5.41, 5.74) is 0.870. The van der Waals surface area contributed by atoms with Crippen molar-refractivity contribution in [3.8, 4) is 0 Å². The Kier molecular flexibility index (Phi) is 11.6. The van der Waals surface area contributed by atoms with Crippen molar-refractivity contribution in [2.24, 2.45) is 17.8 Å². The van der Waals surface area contributed by atoms with E-state index in [1.807, 2.05) is 88.4 Å². The summed E-state index contributed by atoms with van der Waals surface area (Å²) in [6.07, 6.45) is 0.426. The Hall–Kier alpha value is -3.52. The highest BCUT2D eigenvalue weighted by Crippen LogP contribution is 2.30. The molecule has 4 atom stereocenters. The zero-order valence-corrected chi connectivity index (χ0v) is 24.9. The number of Topliss-reactive ketones (excluding diaryl/α,β-unsaturated/α-hetero) is 2. The molecule has 1 heterocycles. The molecule has 41 heavy (non-hydrogen) atoms. The molecule has 0 aromatic heterocycles. The lowest BCUT2D eigenvalue weighted by Gasteiger charge is -2.26. The number of carbonyl (C=O) groups excluding carboxylic acids is 4. The Balaban J connectivity index is 1.74. The maximum atomic E-state index is 13.7. The van der Waals surface area contributed by atoms with E-state index in [1.165, 1.54) is 0 Å². The summed E-state index contributed by atoms with van der Waals surface area (Å²) in [7, 11) is 0. The number of ketones is 2. The molecule has 0 bridgehead atoms. The zero-order chi connectivity index (χ0) is 30.0. The predicted molar refractivity (Wildman–Crippen MR) is 157 cm³/mol. The Morgan fingerprint density at radius 3 is 1.90 bits per heavy atom. The van der Waals surface area contributed by atoms with Crippen molar-refractivity contribution >= 4 is 23.6 Å². The molecule has 1 saturated heterocycles. The second kappa shape index (κ2) is 14.9. The summed E-state index contributed by atoms with van der Waals surface area (Å²) in [6.45, 7) is 10.1. The van der Waals surface area contributed by atoms with Gasteiger partial charge >= 0.3 is 6.09 Å². The number of hydrogen-bond donors (Lipinski definition) is 2. The fourth-order valence-electron chi connectivity index (χ4n) is 4.80. The lowest BCUT2D eigenvalue weighted by atomic mass is 9.88. The molecule has 1 aliphatic rings. The number of hydrogen-bond acceptors (Lipinski definition) is 6. The summed E-state index contributed by atoms with van der Waals surface area (Å²) < 4.78 is 10.7. The van der Waals surface area contributed by atoms with Gasteiger partial charge in [-0.1, -0.05) is 88.4 Å². The SMILES string of the molecule is CC(C)C[C@H](NC(=O)OCc1ccccc1)C(=O)C[C@@H](Cc1ccccc1)C(=O)N[C@@H](CC(C)C)C(=O)C1(C)CO1. The van der Waals surface area contributed by atoms with E-state index in [-0.39, 0.29) is 42.3 Å². The fraction of sp³-hybridized carbons (Fsp3) is 0.515. The molecular formula is C33H44N2O6. The summed E-state index contributed by atoms with van der Waals surface area (Å²) in [4.78, 5) is 53.1. The first-order chi connectivity index (χ1) is 19.5. The average Bonchev–Trinajstić information content (AvgIpc) is 3.69. The van der Waals surface area contributed by atoms with E-state index in [0.717, 1.165) is 11.1 Å². The van der Waals surface area contributed by atoms with Crippen LogP contribution in [0.1, 0.15) is 65.0 Å². The second-order valence-electron chi connectivity index (χ2n) is 12.0. The van der Waals surface area contributed by atoms with E-state index < -0.39 is 29.7 Å². The van der Waals surface area contributed by atoms with E-state index in [4.69, 9.17) is 9.47 Å². The third kappa shape index (κ3) is 10.4.